The van der Waals surface area contributed by atoms with E-state index in [1.807, 2.05) is 6.07 Å². The number of rotatable bonds is 5. The first-order valence-corrected chi connectivity index (χ1v) is 8.84. The zero-order chi connectivity index (χ0) is 16.1. The van der Waals surface area contributed by atoms with Gasteiger partial charge in [0, 0.05) is 11.3 Å². The lowest BCUT2D eigenvalue weighted by atomic mass is 10.1. The van der Waals surface area contributed by atoms with Crippen LogP contribution < -0.4 is 0 Å². The van der Waals surface area contributed by atoms with E-state index in [0.717, 1.165) is 28.5 Å². The Labute approximate surface area is 142 Å². The molecule has 0 spiro atoms. The molecule has 1 heterocycles. The second-order valence-corrected chi connectivity index (χ2v) is 6.58. The van der Waals surface area contributed by atoms with Crippen LogP contribution in [0.15, 0.2) is 65.7 Å². The smallest absolute Gasteiger partial charge is 0.119 e. The van der Waals surface area contributed by atoms with Gasteiger partial charge in [0.2, 0.25) is 0 Å². The molecule has 0 fully saturated rings. The van der Waals surface area contributed by atoms with Gasteiger partial charge < -0.3 is 0 Å². The molecule has 0 saturated heterocycles. The van der Waals surface area contributed by atoms with Gasteiger partial charge in [-0.3, -0.25) is 0 Å². The number of thioether (sulfide) groups is 1. The van der Waals surface area contributed by atoms with Crippen LogP contribution in [0.25, 0.3) is 11.3 Å². The van der Waals surface area contributed by atoms with Crippen LogP contribution in [0.1, 0.15) is 23.6 Å². The molecule has 0 amide bonds. The molecule has 3 aromatic rings. The summed E-state index contributed by atoms with van der Waals surface area (Å²) in [5, 5.41) is 9.67. The normalized spacial score (nSPS) is 10.7. The first-order chi connectivity index (χ1) is 11.2. The molecule has 0 saturated carbocycles. The highest BCUT2D eigenvalue weighted by Crippen LogP contribution is 2.23. The molecule has 0 unspecified atom stereocenters. The summed E-state index contributed by atoms with van der Waals surface area (Å²) >= 11 is 1.72. The number of aryl methyl sites for hydroxylation is 2. The molecule has 0 N–H and O–H groups in total. The van der Waals surface area contributed by atoms with E-state index in [0.29, 0.717) is 0 Å². The topological polar surface area (TPSA) is 25.8 Å². The fraction of sp³-hybridized carbons (Fsp3) is 0.200. The fourth-order valence-electron chi connectivity index (χ4n) is 2.42. The molecule has 1 aromatic heterocycles. The third-order valence-electron chi connectivity index (χ3n) is 3.77. The van der Waals surface area contributed by atoms with Crippen molar-refractivity contribution in [1.82, 2.24) is 10.2 Å². The first-order valence-electron chi connectivity index (χ1n) is 7.86. The minimum absolute atomic E-state index is 0.918. The van der Waals surface area contributed by atoms with Gasteiger partial charge in [0.25, 0.3) is 0 Å². The van der Waals surface area contributed by atoms with Crippen LogP contribution in [0, 0.1) is 6.92 Å². The highest BCUT2D eigenvalue weighted by Gasteiger charge is 2.03. The van der Waals surface area contributed by atoms with Crippen molar-refractivity contribution in [3.8, 4) is 11.3 Å². The van der Waals surface area contributed by atoms with E-state index >= 15 is 0 Å². The minimum Gasteiger partial charge on any atom is -0.149 e. The summed E-state index contributed by atoms with van der Waals surface area (Å²) in [4.78, 5) is 0. The van der Waals surface area contributed by atoms with Gasteiger partial charge in [0.15, 0.2) is 0 Å². The Morgan fingerprint density at radius 3 is 2.35 bits per heavy atom. The second kappa shape index (κ2) is 7.42. The van der Waals surface area contributed by atoms with Crippen molar-refractivity contribution in [3.63, 3.8) is 0 Å². The van der Waals surface area contributed by atoms with Crippen molar-refractivity contribution in [3.05, 3.63) is 77.4 Å². The van der Waals surface area contributed by atoms with Gasteiger partial charge in [-0.15, -0.1) is 10.2 Å². The van der Waals surface area contributed by atoms with E-state index in [1.165, 1.54) is 16.7 Å². The van der Waals surface area contributed by atoms with Crippen molar-refractivity contribution >= 4 is 11.8 Å². The predicted molar refractivity (Wildman–Crippen MR) is 97.6 cm³/mol. The van der Waals surface area contributed by atoms with E-state index in [1.54, 1.807) is 11.8 Å². The Hall–Kier alpha value is -2.13. The van der Waals surface area contributed by atoms with E-state index in [2.05, 4.69) is 78.6 Å². The van der Waals surface area contributed by atoms with Crippen molar-refractivity contribution in [2.75, 3.05) is 0 Å². The molecule has 2 aromatic carbocycles. The lowest BCUT2D eigenvalue weighted by molar-refractivity contribution is 0.935. The first kappa shape index (κ1) is 15.8. The Morgan fingerprint density at radius 2 is 1.70 bits per heavy atom. The van der Waals surface area contributed by atoms with E-state index in [4.69, 9.17) is 0 Å². The Balaban J connectivity index is 1.66. The lowest BCUT2D eigenvalue weighted by Gasteiger charge is -2.04. The zero-order valence-electron chi connectivity index (χ0n) is 13.5. The summed E-state index contributed by atoms with van der Waals surface area (Å²) in [7, 11) is 0. The average molecular weight is 320 g/mol. The van der Waals surface area contributed by atoms with Crippen molar-refractivity contribution in [2.24, 2.45) is 0 Å². The Morgan fingerprint density at radius 1 is 0.870 bits per heavy atom. The summed E-state index contributed by atoms with van der Waals surface area (Å²) < 4.78 is 0. The molecule has 2 nitrogen and oxygen atoms in total. The highest BCUT2D eigenvalue weighted by atomic mass is 32.2. The molecule has 0 bridgehead atoms. The summed E-state index contributed by atoms with van der Waals surface area (Å²) in [6.07, 6.45) is 1.06. The summed E-state index contributed by atoms with van der Waals surface area (Å²) in [5.74, 6) is 0.918. The van der Waals surface area contributed by atoms with Gasteiger partial charge >= 0.3 is 0 Å². The van der Waals surface area contributed by atoms with E-state index in [9.17, 15) is 0 Å². The third kappa shape index (κ3) is 4.20. The van der Waals surface area contributed by atoms with Crippen molar-refractivity contribution < 1.29 is 0 Å². The number of hydrogen-bond donors (Lipinski definition) is 0. The molecule has 23 heavy (non-hydrogen) atoms. The third-order valence-corrected chi connectivity index (χ3v) is 4.76. The molecule has 0 radical (unpaired) electrons. The second-order valence-electron chi connectivity index (χ2n) is 5.59. The molecule has 3 rings (SSSR count). The maximum absolute atomic E-state index is 4.36. The largest absolute Gasteiger partial charge is 0.149 e. The Bertz CT molecular complexity index is 764. The molecular formula is C20H20N2S. The highest BCUT2D eigenvalue weighted by molar-refractivity contribution is 7.98. The zero-order valence-corrected chi connectivity index (χ0v) is 14.3. The molecule has 0 aliphatic heterocycles. The van der Waals surface area contributed by atoms with Crippen molar-refractivity contribution in [2.45, 2.75) is 31.0 Å². The maximum Gasteiger partial charge on any atom is 0.119 e. The maximum atomic E-state index is 4.36. The number of benzene rings is 2. The quantitative estimate of drug-likeness (QED) is 0.596. The van der Waals surface area contributed by atoms with Gasteiger partial charge in [-0.2, -0.15) is 0 Å². The van der Waals surface area contributed by atoms with Gasteiger partial charge in [0.05, 0.1) is 5.69 Å². The standard InChI is InChI=1S/C20H20N2S/c1-3-16-7-9-18(10-8-16)19-11-12-20(22-21-19)23-14-17-6-4-5-15(2)13-17/h4-13H,3,14H2,1-2H3. The van der Waals surface area contributed by atoms with Crippen LogP contribution in [-0.4, -0.2) is 10.2 Å². The van der Waals surface area contributed by atoms with Crippen LogP contribution in [0.2, 0.25) is 0 Å². The summed E-state index contributed by atoms with van der Waals surface area (Å²) in [6.45, 7) is 4.28. The minimum atomic E-state index is 0.918. The number of nitrogens with zero attached hydrogens (tertiary/aromatic N) is 2. The molecular weight excluding hydrogens is 300 g/mol. The fourth-order valence-corrected chi connectivity index (χ4v) is 3.18. The monoisotopic (exact) mass is 320 g/mol. The molecule has 0 atom stereocenters. The summed E-state index contributed by atoms with van der Waals surface area (Å²) in [5.41, 5.74) is 5.99. The molecule has 116 valence electrons. The number of aromatic nitrogens is 2. The SMILES string of the molecule is CCc1ccc(-c2ccc(SCc3cccc(C)c3)nn2)cc1. The molecule has 0 aliphatic carbocycles. The number of hydrogen-bond acceptors (Lipinski definition) is 3. The lowest BCUT2D eigenvalue weighted by Crippen LogP contribution is -1.90. The van der Waals surface area contributed by atoms with Gasteiger partial charge in [-0.05, 0) is 36.6 Å². The van der Waals surface area contributed by atoms with Gasteiger partial charge in [-0.25, -0.2) is 0 Å². The molecule has 0 aliphatic rings. The summed E-state index contributed by atoms with van der Waals surface area (Å²) in [6, 6.07) is 21.2. The van der Waals surface area contributed by atoms with E-state index < -0.39 is 0 Å². The predicted octanol–water partition coefficient (Wildman–Crippen LogP) is 5.31. The van der Waals surface area contributed by atoms with Crippen LogP contribution >= 0.6 is 11.8 Å². The van der Waals surface area contributed by atoms with Crippen LogP contribution in [0.4, 0.5) is 0 Å². The average Bonchev–Trinajstić information content (AvgIpc) is 2.61. The Kier molecular flexibility index (Phi) is 5.09. The van der Waals surface area contributed by atoms with E-state index in [-0.39, 0.29) is 0 Å². The van der Waals surface area contributed by atoms with Gasteiger partial charge in [-0.1, -0.05) is 72.8 Å². The van der Waals surface area contributed by atoms with Crippen molar-refractivity contribution in [1.29, 1.82) is 0 Å². The van der Waals surface area contributed by atoms with Crippen LogP contribution in [-0.2, 0) is 12.2 Å². The van der Waals surface area contributed by atoms with Crippen LogP contribution in [0.5, 0.6) is 0 Å². The van der Waals surface area contributed by atoms with Gasteiger partial charge in [0.1, 0.15) is 5.03 Å². The van der Waals surface area contributed by atoms with Crippen LogP contribution in [0.3, 0.4) is 0 Å². The molecule has 3 heteroatoms.